The highest BCUT2D eigenvalue weighted by Crippen LogP contribution is 2.27. The summed E-state index contributed by atoms with van der Waals surface area (Å²) in [5.41, 5.74) is 7.98. The van der Waals surface area contributed by atoms with E-state index in [2.05, 4.69) is 17.1 Å². The third kappa shape index (κ3) is 2.20. The van der Waals surface area contributed by atoms with Gasteiger partial charge in [0.1, 0.15) is 0 Å². The topological polar surface area (TPSA) is 72.4 Å². The van der Waals surface area contributed by atoms with Crippen molar-refractivity contribution in [1.29, 1.82) is 0 Å². The van der Waals surface area contributed by atoms with Gasteiger partial charge in [0.2, 0.25) is 5.76 Å². The summed E-state index contributed by atoms with van der Waals surface area (Å²) >= 11 is 0. The fourth-order valence-corrected chi connectivity index (χ4v) is 2.70. The van der Waals surface area contributed by atoms with Crippen LogP contribution in [0.4, 0.5) is 0 Å². The van der Waals surface area contributed by atoms with Crippen molar-refractivity contribution >= 4 is 5.91 Å². The summed E-state index contributed by atoms with van der Waals surface area (Å²) in [5.74, 6) is 0.350. The van der Waals surface area contributed by atoms with Crippen LogP contribution in [0.3, 0.4) is 0 Å². The van der Waals surface area contributed by atoms with Gasteiger partial charge in [-0.25, -0.2) is 4.98 Å². The van der Waals surface area contributed by atoms with Gasteiger partial charge in [0.25, 0.3) is 5.91 Å². The number of aromatic nitrogens is 1. The van der Waals surface area contributed by atoms with Crippen molar-refractivity contribution in [3.63, 3.8) is 0 Å². The molecular weight excluding hydrogens is 254 g/mol. The molecule has 1 aromatic heterocycles. The van der Waals surface area contributed by atoms with E-state index in [0.717, 1.165) is 0 Å². The molecule has 1 aliphatic rings. The molecular formula is C15H17N3O2. The minimum absolute atomic E-state index is 0.0513. The lowest BCUT2D eigenvalue weighted by atomic mass is 9.95. The van der Waals surface area contributed by atoms with Crippen molar-refractivity contribution in [2.24, 2.45) is 5.73 Å². The predicted octanol–water partition coefficient (Wildman–Crippen LogP) is 1.55. The quantitative estimate of drug-likeness (QED) is 0.899. The molecule has 104 valence electrons. The summed E-state index contributed by atoms with van der Waals surface area (Å²) in [4.78, 5) is 18.1. The van der Waals surface area contributed by atoms with Crippen LogP contribution in [0.2, 0.25) is 0 Å². The summed E-state index contributed by atoms with van der Waals surface area (Å²) in [7, 11) is 0. The zero-order chi connectivity index (χ0) is 14.1. The van der Waals surface area contributed by atoms with Gasteiger partial charge < -0.3 is 15.1 Å². The number of likely N-dealkylation sites (tertiary alicyclic amines) is 1. The van der Waals surface area contributed by atoms with E-state index in [1.54, 1.807) is 11.8 Å². The highest BCUT2D eigenvalue weighted by Gasteiger charge is 2.35. The molecule has 1 fully saturated rings. The molecule has 1 aromatic carbocycles. The smallest absolute Gasteiger partial charge is 0.291 e. The maximum absolute atomic E-state index is 12.4. The minimum atomic E-state index is -0.131. The molecule has 2 N–H and O–H groups in total. The summed E-state index contributed by atoms with van der Waals surface area (Å²) < 4.78 is 5.17. The second-order valence-electron chi connectivity index (χ2n) is 5.16. The Labute approximate surface area is 117 Å². The Morgan fingerprint density at radius 3 is 2.75 bits per heavy atom. The summed E-state index contributed by atoms with van der Waals surface area (Å²) in [6, 6.07) is 10.0. The lowest BCUT2D eigenvalue weighted by molar-refractivity contribution is 0.0756. The SMILES string of the molecule is Cc1ncoc1C(=O)N1C[C@@H](N)[C@H](c2ccccc2)C1. The number of carbonyl (C=O) groups is 1. The van der Waals surface area contributed by atoms with Crippen LogP contribution < -0.4 is 5.73 Å². The number of oxazole rings is 1. The normalized spacial score (nSPS) is 22.2. The van der Waals surface area contributed by atoms with Crippen molar-refractivity contribution in [3.8, 4) is 0 Å². The standard InChI is InChI=1S/C15H17N3O2/c1-10-14(20-9-17-10)15(19)18-7-12(13(16)8-18)11-5-3-2-4-6-11/h2-6,9,12-13H,7-8,16H2,1H3/t12-,13+/m0/s1. The molecule has 2 atom stereocenters. The molecule has 5 heteroatoms. The molecule has 1 saturated heterocycles. The fraction of sp³-hybridized carbons (Fsp3) is 0.333. The molecule has 20 heavy (non-hydrogen) atoms. The van der Waals surface area contributed by atoms with E-state index >= 15 is 0 Å². The summed E-state index contributed by atoms with van der Waals surface area (Å²) in [6.45, 7) is 2.92. The molecule has 0 aliphatic carbocycles. The number of rotatable bonds is 2. The molecule has 0 spiro atoms. The number of nitrogens with zero attached hydrogens (tertiary/aromatic N) is 2. The number of hydrogen-bond donors (Lipinski definition) is 1. The Kier molecular flexibility index (Phi) is 3.28. The molecule has 0 saturated carbocycles. The van der Waals surface area contributed by atoms with E-state index in [4.69, 9.17) is 10.2 Å². The van der Waals surface area contributed by atoms with E-state index < -0.39 is 0 Å². The average molecular weight is 271 g/mol. The second-order valence-corrected chi connectivity index (χ2v) is 5.16. The van der Waals surface area contributed by atoms with Crippen LogP contribution >= 0.6 is 0 Å². The number of carbonyl (C=O) groups excluding carboxylic acids is 1. The van der Waals surface area contributed by atoms with Gasteiger partial charge in [0.05, 0.1) is 5.69 Å². The number of amides is 1. The van der Waals surface area contributed by atoms with Gasteiger partial charge >= 0.3 is 0 Å². The molecule has 5 nitrogen and oxygen atoms in total. The molecule has 0 radical (unpaired) electrons. The highest BCUT2D eigenvalue weighted by molar-refractivity contribution is 5.92. The molecule has 0 unspecified atom stereocenters. The van der Waals surface area contributed by atoms with Crippen LogP contribution in [-0.4, -0.2) is 34.9 Å². The van der Waals surface area contributed by atoms with Gasteiger partial charge in [-0.15, -0.1) is 0 Å². The zero-order valence-electron chi connectivity index (χ0n) is 11.3. The summed E-state index contributed by atoms with van der Waals surface area (Å²) in [6.07, 6.45) is 1.30. The van der Waals surface area contributed by atoms with Gasteiger partial charge in [-0.2, -0.15) is 0 Å². The number of benzene rings is 1. The first-order chi connectivity index (χ1) is 9.66. The van der Waals surface area contributed by atoms with Gasteiger partial charge in [0.15, 0.2) is 6.39 Å². The molecule has 2 heterocycles. The van der Waals surface area contributed by atoms with E-state index in [-0.39, 0.29) is 17.9 Å². The third-order valence-corrected chi connectivity index (χ3v) is 3.82. The first-order valence-electron chi connectivity index (χ1n) is 6.66. The van der Waals surface area contributed by atoms with E-state index in [1.165, 1.54) is 12.0 Å². The Hall–Kier alpha value is -2.14. The van der Waals surface area contributed by atoms with Crippen LogP contribution in [-0.2, 0) is 0 Å². The first kappa shape index (κ1) is 12.9. The van der Waals surface area contributed by atoms with Gasteiger partial charge in [0, 0.05) is 25.0 Å². The molecule has 1 aliphatic heterocycles. The average Bonchev–Trinajstić information content (AvgIpc) is 3.05. The Morgan fingerprint density at radius 2 is 2.10 bits per heavy atom. The second kappa shape index (κ2) is 5.09. The zero-order valence-corrected chi connectivity index (χ0v) is 11.3. The maximum Gasteiger partial charge on any atom is 0.291 e. The molecule has 3 rings (SSSR count). The van der Waals surface area contributed by atoms with Gasteiger partial charge in [-0.3, -0.25) is 4.79 Å². The Balaban J connectivity index is 1.79. The van der Waals surface area contributed by atoms with Crippen LogP contribution in [0.5, 0.6) is 0 Å². The van der Waals surface area contributed by atoms with Crippen molar-refractivity contribution in [3.05, 3.63) is 53.7 Å². The fourth-order valence-electron chi connectivity index (χ4n) is 2.70. The molecule has 2 aromatic rings. The van der Waals surface area contributed by atoms with Gasteiger partial charge in [-0.05, 0) is 12.5 Å². The molecule has 1 amide bonds. The highest BCUT2D eigenvalue weighted by atomic mass is 16.3. The van der Waals surface area contributed by atoms with Crippen LogP contribution in [0.15, 0.2) is 41.1 Å². The third-order valence-electron chi connectivity index (χ3n) is 3.82. The maximum atomic E-state index is 12.4. The molecule has 0 bridgehead atoms. The van der Waals surface area contributed by atoms with Crippen molar-refractivity contribution in [1.82, 2.24) is 9.88 Å². The Bertz CT molecular complexity index is 609. The van der Waals surface area contributed by atoms with Crippen LogP contribution in [0.25, 0.3) is 0 Å². The van der Waals surface area contributed by atoms with Crippen LogP contribution in [0.1, 0.15) is 27.7 Å². The number of hydrogen-bond acceptors (Lipinski definition) is 4. The van der Waals surface area contributed by atoms with E-state index in [0.29, 0.717) is 24.5 Å². The largest absolute Gasteiger partial charge is 0.438 e. The number of aryl methyl sites for hydroxylation is 1. The minimum Gasteiger partial charge on any atom is -0.438 e. The van der Waals surface area contributed by atoms with Crippen LogP contribution in [0, 0.1) is 6.92 Å². The lowest BCUT2D eigenvalue weighted by Crippen LogP contribution is -2.32. The monoisotopic (exact) mass is 271 g/mol. The van der Waals surface area contributed by atoms with Crippen molar-refractivity contribution in [2.45, 2.75) is 18.9 Å². The Morgan fingerprint density at radius 1 is 1.35 bits per heavy atom. The number of nitrogens with two attached hydrogens (primary N) is 1. The lowest BCUT2D eigenvalue weighted by Gasteiger charge is -2.15. The predicted molar refractivity (Wildman–Crippen MR) is 74.3 cm³/mol. The van der Waals surface area contributed by atoms with E-state index in [9.17, 15) is 4.79 Å². The van der Waals surface area contributed by atoms with Gasteiger partial charge in [-0.1, -0.05) is 30.3 Å². The van der Waals surface area contributed by atoms with Crippen molar-refractivity contribution in [2.75, 3.05) is 13.1 Å². The van der Waals surface area contributed by atoms with E-state index in [1.807, 2.05) is 18.2 Å². The van der Waals surface area contributed by atoms with Crippen molar-refractivity contribution < 1.29 is 9.21 Å². The first-order valence-corrected chi connectivity index (χ1v) is 6.66. The summed E-state index contributed by atoms with van der Waals surface area (Å²) in [5, 5.41) is 0.